The van der Waals surface area contributed by atoms with Gasteiger partial charge in [-0.2, -0.15) is 21.1 Å². The van der Waals surface area contributed by atoms with Gasteiger partial charge in [-0.05, 0) is 53.0 Å². The lowest BCUT2D eigenvalue weighted by Gasteiger charge is -2.33. The van der Waals surface area contributed by atoms with Crippen LogP contribution in [-0.4, -0.2) is 42.0 Å². The summed E-state index contributed by atoms with van der Waals surface area (Å²) >= 11 is 0. The van der Waals surface area contributed by atoms with Crippen molar-refractivity contribution in [2.75, 3.05) is 12.5 Å². The van der Waals surface area contributed by atoms with Crippen molar-refractivity contribution in [1.82, 2.24) is 29.5 Å². The molecule has 142 valence electrons. The zero-order chi connectivity index (χ0) is 19.0. The van der Waals surface area contributed by atoms with Crippen molar-refractivity contribution >= 4 is 10.9 Å². The van der Waals surface area contributed by atoms with E-state index in [1.54, 1.807) is 6.33 Å². The molecule has 0 N–H and O–H groups in total. The van der Waals surface area contributed by atoms with E-state index in [9.17, 15) is 0 Å². The summed E-state index contributed by atoms with van der Waals surface area (Å²) in [5, 5.41) is 10.3. The van der Waals surface area contributed by atoms with Crippen LogP contribution in [0.5, 0.6) is 0 Å². The van der Waals surface area contributed by atoms with Crippen LogP contribution in [0.4, 0.5) is 0 Å². The summed E-state index contributed by atoms with van der Waals surface area (Å²) in [7, 11) is -0.274. The predicted octanol–water partition coefficient (Wildman–Crippen LogP) is 3.74. The summed E-state index contributed by atoms with van der Waals surface area (Å²) in [6, 6.07) is 0. The molecule has 0 aliphatic heterocycles. The average Bonchev–Trinajstić information content (AvgIpc) is 3.14. The second kappa shape index (κ2) is 6.74. The fourth-order valence-electron chi connectivity index (χ4n) is 2.70. The van der Waals surface area contributed by atoms with Crippen LogP contribution in [0, 0.1) is 0 Å². The molecular weight excluding hydrogens is 332 g/mol. The lowest BCUT2D eigenvalue weighted by atomic mass is 9.89. The van der Waals surface area contributed by atoms with Gasteiger partial charge < -0.3 is 0 Å². The van der Waals surface area contributed by atoms with Gasteiger partial charge >= 0.3 is 0 Å². The first kappa shape index (κ1) is 19.9. The molecule has 0 aromatic carbocycles. The van der Waals surface area contributed by atoms with Crippen molar-refractivity contribution < 1.29 is 0 Å². The minimum absolute atomic E-state index is 0.0321. The summed E-state index contributed by atoms with van der Waals surface area (Å²) in [5.74, 6) is 0.890. The maximum atomic E-state index is 4.74. The highest BCUT2D eigenvalue weighted by Crippen LogP contribution is 2.34. The summed E-state index contributed by atoms with van der Waals surface area (Å²) in [6.07, 6.45) is 9.96. The Hall–Kier alpha value is -1.37. The fourth-order valence-corrected chi connectivity index (χ4v) is 3.68. The van der Waals surface area contributed by atoms with Crippen LogP contribution >= 0.6 is 10.9 Å². The van der Waals surface area contributed by atoms with Crippen molar-refractivity contribution in [1.29, 1.82) is 0 Å². The quantitative estimate of drug-likeness (QED) is 0.791. The third-order valence-electron chi connectivity index (χ3n) is 4.63. The molecular formula is C18H34N6S. The molecule has 25 heavy (non-hydrogen) atoms. The molecule has 0 aliphatic carbocycles. The van der Waals surface area contributed by atoms with Gasteiger partial charge in [0, 0.05) is 5.41 Å². The van der Waals surface area contributed by atoms with Gasteiger partial charge in [-0.1, -0.05) is 20.8 Å². The zero-order valence-corrected chi connectivity index (χ0v) is 18.1. The Morgan fingerprint density at radius 2 is 1.52 bits per heavy atom. The molecule has 6 nitrogen and oxygen atoms in total. The van der Waals surface area contributed by atoms with Crippen molar-refractivity contribution in [2.45, 2.75) is 83.0 Å². The Bertz CT molecular complexity index is 705. The van der Waals surface area contributed by atoms with Gasteiger partial charge in [-0.15, -0.1) is 0 Å². The number of rotatable bonds is 6. The van der Waals surface area contributed by atoms with E-state index in [0.29, 0.717) is 0 Å². The van der Waals surface area contributed by atoms with Crippen molar-refractivity contribution in [3.05, 3.63) is 18.5 Å². The van der Waals surface area contributed by atoms with Gasteiger partial charge in [0.25, 0.3) is 0 Å². The summed E-state index contributed by atoms with van der Waals surface area (Å²) < 4.78 is 4.12. The highest BCUT2D eigenvalue weighted by Gasteiger charge is 2.31. The number of hydrogen-bond donors (Lipinski definition) is 1. The van der Waals surface area contributed by atoms with E-state index in [4.69, 9.17) is 5.10 Å². The average molecular weight is 367 g/mol. The van der Waals surface area contributed by atoms with E-state index in [2.05, 4.69) is 80.7 Å². The minimum atomic E-state index is -0.274. The molecule has 0 aliphatic rings. The normalized spacial score (nSPS) is 14.0. The molecule has 0 bridgehead atoms. The Labute approximate surface area is 154 Å². The molecule has 7 heteroatoms. The highest BCUT2D eigenvalue weighted by molar-refractivity contribution is 8.15. The molecule has 2 aromatic heterocycles. The molecule has 0 radical (unpaired) electrons. The SMILES string of the molecule is C[SH](C)c1ncnn1C(C)(C)CCC(C)(C)n1cnc(C(C)(C)C)n1. The second-order valence-electron chi connectivity index (χ2n) is 9.25. The number of nitrogens with zero attached hydrogens (tertiary/aromatic N) is 6. The third-order valence-corrected chi connectivity index (χ3v) is 5.74. The van der Waals surface area contributed by atoms with Crippen LogP contribution in [0.25, 0.3) is 0 Å². The van der Waals surface area contributed by atoms with Gasteiger partial charge in [0.05, 0.1) is 11.1 Å². The highest BCUT2D eigenvalue weighted by atomic mass is 32.2. The van der Waals surface area contributed by atoms with E-state index < -0.39 is 0 Å². The maximum absolute atomic E-state index is 4.74. The summed E-state index contributed by atoms with van der Waals surface area (Å²) in [4.78, 5) is 8.98. The number of hydrogen-bond acceptors (Lipinski definition) is 4. The summed E-state index contributed by atoms with van der Waals surface area (Å²) in [5.41, 5.74) is -0.212. The first-order valence-corrected chi connectivity index (χ1v) is 11.1. The largest absolute Gasteiger partial charge is 0.247 e. The van der Waals surface area contributed by atoms with Crippen molar-refractivity contribution in [2.24, 2.45) is 0 Å². The monoisotopic (exact) mass is 366 g/mol. The van der Waals surface area contributed by atoms with Gasteiger partial charge in [-0.25, -0.2) is 19.3 Å². The Balaban J connectivity index is 2.15. The zero-order valence-electron chi connectivity index (χ0n) is 17.2. The van der Waals surface area contributed by atoms with Crippen molar-refractivity contribution in [3.8, 4) is 0 Å². The summed E-state index contributed by atoms with van der Waals surface area (Å²) in [6.45, 7) is 15.3. The predicted molar refractivity (Wildman–Crippen MR) is 106 cm³/mol. The van der Waals surface area contributed by atoms with Crippen LogP contribution in [0.3, 0.4) is 0 Å². The van der Waals surface area contributed by atoms with Crippen LogP contribution < -0.4 is 0 Å². The van der Waals surface area contributed by atoms with Crippen LogP contribution in [0.2, 0.25) is 0 Å². The van der Waals surface area contributed by atoms with Gasteiger partial charge in [0.1, 0.15) is 12.7 Å². The molecule has 0 atom stereocenters. The molecule has 0 unspecified atom stereocenters. The van der Waals surface area contributed by atoms with Crippen LogP contribution in [-0.2, 0) is 16.5 Å². The van der Waals surface area contributed by atoms with Crippen molar-refractivity contribution in [3.63, 3.8) is 0 Å². The van der Waals surface area contributed by atoms with Gasteiger partial charge in [0.15, 0.2) is 11.0 Å². The topological polar surface area (TPSA) is 61.4 Å². The number of aromatic nitrogens is 6. The van der Waals surface area contributed by atoms with E-state index >= 15 is 0 Å². The molecule has 0 spiro atoms. The molecule has 0 amide bonds. The Morgan fingerprint density at radius 3 is 2.04 bits per heavy atom. The molecule has 0 saturated carbocycles. The molecule has 2 heterocycles. The van der Waals surface area contributed by atoms with E-state index in [-0.39, 0.29) is 27.4 Å². The Morgan fingerprint density at radius 1 is 0.920 bits per heavy atom. The first-order valence-electron chi connectivity index (χ1n) is 8.85. The second-order valence-corrected chi connectivity index (χ2v) is 11.4. The van der Waals surface area contributed by atoms with E-state index in [0.717, 1.165) is 23.8 Å². The minimum Gasteiger partial charge on any atom is -0.247 e. The fraction of sp³-hybridized carbons (Fsp3) is 0.778. The van der Waals surface area contributed by atoms with Gasteiger partial charge in [0.2, 0.25) is 0 Å². The first-order chi connectivity index (χ1) is 11.3. The van der Waals surface area contributed by atoms with Crippen LogP contribution in [0.15, 0.2) is 17.8 Å². The standard InChI is InChI=1S/C18H34N6S/c1-16(2,3)14-20-13-23(22-14)17(4,5)10-11-18(6,7)24-15(25(8)9)19-12-21-24/h12-13,25H,10-11H2,1-9H3. The third kappa shape index (κ3) is 4.43. The van der Waals surface area contributed by atoms with E-state index in [1.807, 2.05) is 11.0 Å². The molecule has 0 fully saturated rings. The van der Waals surface area contributed by atoms with E-state index in [1.165, 1.54) is 0 Å². The number of thiol groups is 1. The maximum Gasteiger partial charge on any atom is 0.165 e. The molecule has 2 aromatic rings. The smallest absolute Gasteiger partial charge is 0.165 e. The molecule has 0 saturated heterocycles. The van der Waals surface area contributed by atoms with Gasteiger partial charge in [-0.3, -0.25) is 0 Å². The lowest BCUT2D eigenvalue weighted by molar-refractivity contribution is 0.202. The Kier molecular flexibility index (Phi) is 5.38. The lowest BCUT2D eigenvalue weighted by Crippen LogP contribution is -2.34. The molecule has 2 rings (SSSR count). The van der Waals surface area contributed by atoms with Crippen LogP contribution in [0.1, 0.15) is 67.1 Å².